The summed E-state index contributed by atoms with van der Waals surface area (Å²) in [7, 11) is 5.36. The SMILES string of the molecule is COc1ccc(CC(=O)[C@@H](CCCNC(=N)N)NC(=O)c2cc(CC(=O)[C@@H](CCCNC(=N)N)NC(=O)c3cc(CC(=O)[C@@H](CCCNC(=N)N)NC(=O)c4cc(CC(=O)[C@@H](CCCNC(=N)N)NC(=O)CCCCNC(=N)N)ccc4OC)ccc3OC)ccc2OC)cc1C(N)=O. The minimum absolute atomic E-state index is 0.0224. The average Bonchev–Trinajstić information content (AvgIpc) is 0.846. The molecule has 33 nitrogen and oxygen atoms in total. The zero-order valence-electron chi connectivity index (χ0n) is 56.2. The summed E-state index contributed by atoms with van der Waals surface area (Å²) in [6.45, 7) is 1.14. The molecule has 0 heterocycles. The van der Waals surface area contributed by atoms with Gasteiger partial charge in [0.1, 0.15) is 23.0 Å². The van der Waals surface area contributed by atoms with E-state index in [0.717, 1.165) is 0 Å². The fraction of sp³-hybridized carbons (Fsp3) is 0.424. The number of Topliss-reactive ketones (excluding diaryl/α,β-unsaturated/α-hetero) is 4. The number of primary amides is 1. The molecule has 0 radical (unpaired) electrons. The third-order valence-corrected chi connectivity index (χ3v) is 15.5. The molecule has 99 heavy (non-hydrogen) atoms. The molecule has 536 valence electrons. The van der Waals surface area contributed by atoms with E-state index in [2.05, 4.69) is 47.9 Å². The molecule has 4 aromatic carbocycles. The second-order valence-electron chi connectivity index (χ2n) is 23.0. The van der Waals surface area contributed by atoms with Crippen molar-refractivity contribution >= 4 is 82.5 Å². The molecule has 4 atom stereocenters. The normalized spacial score (nSPS) is 11.9. The number of carbonyl (C=O) groups excluding carboxylic acids is 9. The van der Waals surface area contributed by atoms with Crippen molar-refractivity contribution < 1.29 is 62.1 Å². The first-order valence-electron chi connectivity index (χ1n) is 31.9. The van der Waals surface area contributed by atoms with E-state index in [1.54, 1.807) is 24.3 Å². The molecule has 33 heteroatoms. The van der Waals surface area contributed by atoms with Crippen molar-refractivity contribution in [2.45, 2.75) is 120 Å². The number of nitrogens with two attached hydrogens (primary N) is 6. The van der Waals surface area contributed by atoms with Crippen LogP contribution in [0.2, 0.25) is 0 Å². The first-order valence-corrected chi connectivity index (χ1v) is 31.9. The Balaban J connectivity index is 1.60. The maximum Gasteiger partial charge on any atom is 0.255 e. The number of nitrogens with one attached hydrogen (secondary N) is 14. The van der Waals surface area contributed by atoms with Crippen molar-refractivity contribution in [3.63, 3.8) is 0 Å². The van der Waals surface area contributed by atoms with E-state index >= 15 is 0 Å². The van der Waals surface area contributed by atoms with Crippen LogP contribution in [0.4, 0.5) is 0 Å². The van der Waals surface area contributed by atoms with Crippen LogP contribution in [0, 0.1) is 27.0 Å². The third-order valence-electron chi connectivity index (χ3n) is 15.5. The predicted octanol–water partition coefficient (Wildman–Crippen LogP) is -0.147. The summed E-state index contributed by atoms with van der Waals surface area (Å²) in [6, 6.07) is 13.5. The van der Waals surface area contributed by atoms with Gasteiger partial charge in [0.15, 0.2) is 52.9 Å². The number of methoxy groups -OCH3 is 4. The standard InChI is InChI=1S/C66H94N20O13/c1-96-53-20-16-37(29-41(53)58(67)92)33-50(88)46(12-8-26-80-64(72)73)84-60(94)43-31-39(18-22-55(43)98-3)35-52(90)48(14-10-28-82-66(76)77)86-61(95)44-32-40(19-23-56(44)99-4)36-51(89)47(13-9-27-81-65(74)75)85-59(93)42-30-38(17-21-54(42)97-2)34-49(87)45(11-7-25-79-63(70)71)83-57(91)15-5-6-24-78-62(68)69/h16-23,29-32,45-48H,5-15,24-28,33-36H2,1-4H3,(H2,67,92)(H,83,91)(H,84,94)(H,85,93)(H,86,95)(H4,68,69,78)(H4,70,71,79)(H4,72,73,80)(H4,74,75,81)(H4,76,77,82)/t45-,46-,47-,48-/m1/s1. The highest BCUT2D eigenvalue weighted by molar-refractivity contribution is 6.04. The van der Waals surface area contributed by atoms with Gasteiger partial charge in [-0.1, -0.05) is 24.3 Å². The van der Waals surface area contributed by atoms with Crippen LogP contribution in [0.3, 0.4) is 0 Å². The maximum atomic E-state index is 14.5. The van der Waals surface area contributed by atoms with Crippen LogP contribution >= 0.6 is 0 Å². The largest absolute Gasteiger partial charge is 0.496 e. The number of unbranched alkanes of at least 4 members (excludes halogenated alkanes) is 1. The van der Waals surface area contributed by atoms with Crippen LogP contribution in [0.25, 0.3) is 0 Å². The molecular formula is C66H94N20O13. The predicted molar refractivity (Wildman–Crippen MR) is 371 cm³/mol. The van der Waals surface area contributed by atoms with Crippen molar-refractivity contribution in [3.8, 4) is 23.0 Å². The highest BCUT2D eigenvalue weighted by Gasteiger charge is 2.30. The van der Waals surface area contributed by atoms with Crippen molar-refractivity contribution in [1.29, 1.82) is 27.0 Å². The summed E-state index contributed by atoms with van der Waals surface area (Å²) < 4.78 is 22.0. The number of rotatable bonds is 45. The number of hydrogen-bond acceptors (Lipinski definition) is 18. The number of hydrogen-bond donors (Lipinski definition) is 20. The summed E-state index contributed by atoms with van der Waals surface area (Å²) in [5.41, 5.74) is 34.3. The molecule has 0 aliphatic carbocycles. The van der Waals surface area contributed by atoms with Gasteiger partial charge in [0.2, 0.25) is 5.91 Å². The molecule has 5 amide bonds. The fourth-order valence-corrected chi connectivity index (χ4v) is 10.5. The Labute approximate surface area is 573 Å². The zero-order chi connectivity index (χ0) is 73.1. The van der Waals surface area contributed by atoms with E-state index in [9.17, 15) is 43.2 Å². The summed E-state index contributed by atoms with van der Waals surface area (Å²) >= 11 is 0. The van der Waals surface area contributed by atoms with Gasteiger partial charge in [-0.25, -0.2) is 0 Å². The lowest BCUT2D eigenvalue weighted by Crippen LogP contribution is -2.43. The van der Waals surface area contributed by atoms with Crippen molar-refractivity contribution in [1.82, 2.24) is 47.9 Å². The molecule has 4 rings (SSSR count). The van der Waals surface area contributed by atoms with Gasteiger partial charge in [0, 0.05) is 64.8 Å². The molecule has 0 saturated carbocycles. The lowest BCUT2D eigenvalue weighted by atomic mass is 9.96. The molecule has 0 saturated heterocycles. The number of ketones is 4. The van der Waals surface area contributed by atoms with Crippen LogP contribution in [-0.4, -0.2) is 168 Å². The second kappa shape index (κ2) is 41.4. The second-order valence-corrected chi connectivity index (χ2v) is 23.0. The lowest BCUT2D eigenvalue weighted by Gasteiger charge is -2.21. The lowest BCUT2D eigenvalue weighted by molar-refractivity contribution is -0.127. The summed E-state index contributed by atoms with van der Waals surface area (Å²) in [5, 5.41) is 62.3. The number of guanidine groups is 5. The van der Waals surface area contributed by atoms with Gasteiger partial charge in [-0.15, -0.1) is 0 Å². The third kappa shape index (κ3) is 28.0. The van der Waals surface area contributed by atoms with Crippen molar-refractivity contribution in [2.24, 2.45) is 34.4 Å². The quantitative estimate of drug-likeness (QED) is 0.0155. The topological polar surface area (TPSA) is 574 Å². The van der Waals surface area contributed by atoms with Crippen molar-refractivity contribution in [2.75, 3.05) is 61.2 Å². The molecule has 4 aromatic rings. The summed E-state index contributed by atoms with van der Waals surface area (Å²) in [4.78, 5) is 125. The first-order chi connectivity index (χ1) is 47.2. The molecule has 0 spiro atoms. The van der Waals surface area contributed by atoms with Gasteiger partial charge < -0.3 is 101 Å². The molecule has 26 N–H and O–H groups in total. The maximum absolute atomic E-state index is 14.5. The number of amides is 5. The molecule has 0 aliphatic rings. The van der Waals surface area contributed by atoms with Crippen LogP contribution < -0.4 is 101 Å². The number of benzene rings is 4. The van der Waals surface area contributed by atoms with Crippen molar-refractivity contribution in [3.05, 3.63) is 117 Å². The molecule has 0 aliphatic heterocycles. The van der Waals surface area contributed by atoms with Gasteiger partial charge in [-0.2, -0.15) is 0 Å². The highest BCUT2D eigenvalue weighted by Crippen LogP contribution is 2.27. The van der Waals surface area contributed by atoms with E-state index < -0.39 is 65.1 Å². The van der Waals surface area contributed by atoms with Gasteiger partial charge in [0.25, 0.3) is 23.6 Å². The van der Waals surface area contributed by atoms with Gasteiger partial charge >= 0.3 is 0 Å². The van der Waals surface area contributed by atoms with Crippen LogP contribution in [-0.2, 0) is 49.7 Å². The summed E-state index contributed by atoms with van der Waals surface area (Å²) in [5.74, 6) is -6.12. The Kier molecular flexibility index (Phi) is 33.4. The Bertz CT molecular complexity index is 3570. The number of carbonyl (C=O) groups is 9. The monoisotopic (exact) mass is 1370 g/mol. The van der Waals surface area contributed by atoms with E-state index in [1.807, 2.05) is 0 Å². The Morgan fingerprint density at radius 2 is 0.586 bits per heavy atom. The van der Waals surface area contributed by atoms with Gasteiger partial charge in [-0.3, -0.25) is 70.2 Å². The average molecular weight is 1380 g/mol. The van der Waals surface area contributed by atoms with E-state index in [1.165, 1.54) is 77.0 Å². The summed E-state index contributed by atoms with van der Waals surface area (Å²) in [6.07, 6.45) is 1.42. The molecule has 0 aromatic heterocycles. The molecule has 0 fully saturated rings. The van der Waals surface area contributed by atoms with E-state index in [-0.39, 0.29) is 190 Å². The fourth-order valence-electron chi connectivity index (χ4n) is 10.5. The Hall–Kier alpha value is -11.5. The molecular weight excluding hydrogens is 1280 g/mol. The highest BCUT2D eigenvalue weighted by atomic mass is 16.5. The van der Waals surface area contributed by atoms with E-state index in [0.29, 0.717) is 48.1 Å². The Morgan fingerprint density at radius 1 is 0.343 bits per heavy atom. The minimum Gasteiger partial charge on any atom is -0.496 e. The Morgan fingerprint density at radius 3 is 0.838 bits per heavy atom. The first kappa shape index (κ1) is 79.9. The van der Waals surface area contributed by atoms with Crippen LogP contribution in [0.1, 0.15) is 134 Å². The number of ether oxygens (including phenoxy) is 4. The van der Waals surface area contributed by atoms with E-state index in [4.69, 9.17) is 80.4 Å². The minimum atomic E-state index is -1.21. The van der Waals surface area contributed by atoms with Gasteiger partial charge in [0.05, 0.1) is 74.9 Å². The smallest absolute Gasteiger partial charge is 0.255 e. The van der Waals surface area contributed by atoms with Crippen LogP contribution in [0.5, 0.6) is 23.0 Å². The molecule has 0 unspecified atom stereocenters. The van der Waals surface area contributed by atoms with Crippen LogP contribution in [0.15, 0.2) is 72.8 Å². The van der Waals surface area contributed by atoms with Gasteiger partial charge in [-0.05, 0) is 135 Å². The molecule has 0 bridgehead atoms. The zero-order valence-corrected chi connectivity index (χ0v) is 56.2.